The molecular formula is C10H23As. The molecule has 0 rings (SSSR count). The van der Waals surface area contributed by atoms with Crippen LogP contribution in [0.5, 0.6) is 0 Å². The minimum atomic E-state index is 0.481. The zero-order valence-electron chi connectivity index (χ0n) is 8.16. The van der Waals surface area contributed by atoms with Gasteiger partial charge in [-0.15, -0.1) is 0 Å². The summed E-state index contributed by atoms with van der Waals surface area (Å²) in [7, 11) is 0. The Hall–Kier alpha value is 0.558. The molecule has 68 valence electrons. The normalized spacial score (nSPS) is 10.4. The average molecular weight is 218 g/mol. The van der Waals surface area contributed by atoms with Gasteiger partial charge in [0.2, 0.25) is 0 Å². The van der Waals surface area contributed by atoms with Crippen molar-refractivity contribution in [2.24, 2.45) is 0 Å². The maximum atomic E-state index is 2.29. The molecule has 1 heteroatoms. The van der Waals surface area contributed by atoms with E-state index < -0.39 is 0 Å². The van der Waals surface area contributed by atoms with Crippen molar-refractivity contribution < 1.29 is 0 Å². The molecule has 0 aliphatic carbocycles. The second-order valence-corrected chi connectivity index (χ2v) is 6.31. The van der Waals surface area contributed by atoms with Crippen LogP contribution in [0.1, 0.15) is 52.4 Å². The number of rotatable bonds is 8. The molecule has 0 unspecified atom stereocenters. The molecule has 0 nitrogen and oxygen atoms in total. The topological polar surface area (TPSA) is 0 Å². The van der Waals surface area contributed by atoms with E-state index >= 15 is 0 Å². The van der Waals surface area contributed by atoms with Gasteiger partial charge in [-0.05, 0) is 0 Å². The number of hydrogen-bond donors (Lipinski definition) is 0. The molecule has 0 N–H and O–H groups in total. The van der Waals surface area contributed by atoms with Crippen LogP contribution in [-0.2, 0) is 0 Å². The van der Waals surface area contributed by atoms with Crippen LogP contribution in [0, 0.1) is 0 Å². The molecule has 0 aromatic heterocycles. The first-order valence-corrected chi connectivity index (χ1v) is 8.09. The first kappa shape index (κ1) is 11.6. The van der Waals surface area contributed by atoms with E-state index in [0.29, 0.717) is 15.8 Å². The first-order valence-electron chi connectivity index (χ1n) is 5.12. The van der Waals surface area contributed by atoms with Crippen LogP contribution in [0.2, 0.25) is 10.4 Å². The Morgan fingerprint density at radius 3 is 1.55 bits per heavy atom. The van der Waals surface area contributed by atoms with E-state index in [0.717, 1.165) is 0 Å². The first-order chi connectivity index (χ1) is 5.41. The molecule has 11 heavy (non-hydrogen) atoms. The van der Waals surface area contributed by atoms with Gasteiger partial charge in [-0.2, -0.15) is 0 Å². The fraction of sp³-hybridized carbons (Fsp3) is 1.00. The van der Waals surface area contributed by atoms with E-state index in [2.05, 4.69) is 13.8 Å². The predicted octanol–water partition coefficient (Wildman–Crippen LogP) is 3.64. The molecule has 0 aromatic carbocycles. The van der Waals surface area contributed by atoms with Crippen LogP contribution in [-0.4, -0.2) is 15.8 Å². The Bertz CT molecular complexity index is 53.9. The fourth-order valence-electron chi connectivity index (χ4n) is 1.12. The van der Waals surface area contributed by atoms with Crippen LogP contribution in [0.25, 0.3) is 0 Å². The van der Waals surface area contributed by atoms with Crippen molar-refractivity contribution in [2.75, 3.05) is 0 Å². The van der Waals surface area contributed by atoms with Gasteiger partial charge in [0.05, 0.1) is 0 Å². The molecule has 0 saturated heterocycles. The van der Waals surface area contributed by atoms with Gasteiger partial charge < -0.3 is 0 Å². The second-order valence-electron chi connectivity index (χ2n) is 3.16. The fourth-order valence-corrected chi connectivity index (χ4v) is 3.75. The Kier molecular flexibility index (Phi) is 11.1. The molecule has 0 radical (unpaired) electrons. The summed E-state index contributed by atoms with van der Waals surface area (Å²) in [6, 6.07) is 0. The molecular weight excluding hydrogens is 195 g/mol. The zero-order chi connectivity index (χ0) is 8.36. The number of hydrogen-bond acceptors (Lipinski definition) is 0. The minimum absolute atomic E-state index is 0.481. The van der Waals surface area contributed by atoms with Crippen LogP contribution in [0.3, 0.4) is 0 Å². The Morgan fingerprint density at radius 2 is 1.18 bits per heavy atom. The second kappa shape index (κ2) is 10.6. The van der Waals surface area contributed by atoms with Crippen LogP contribution in [0.4, 0.5) is 0 Å². The summed E-state index contributed by atoms with van der Waals surface area (Å²) in [5, 5.41) is 3.19. The van der Waals surface area contributed by atoms with E-state index in [1.165, 1.54) is 38.5 Å². The van der Waals surface area contributed by atoms with Crippen molar-refractivity contribution in [2.45, 2.75) is 62.8 Å². The van der Waals surface area contributed by atoms with Crippen molar-refractivity contribution >= 4 is 15.8 Å². The van der Waals surface area contributed by atoms with Crippen LogP contribution in [0.15, 0.2) is 0 Å². The van der Waals surface area contributed by atoms with Gasteiger partial charge in [0.1, 0.15) is 0 Å². The summed E-state index contributed by atoms with van der Waals surface area (Å²) < 4.78 is 0. The Balaban J connectivity index is 2.69. The molecule has 0 aliphatic rings. The van der Waals surface area contributed by atoms with E-state index in [9.17, 15) is 0 Å². The Morgan fingerprint density at radius 1 is 0.727 bits per heavy atom. The SMILES string of the molecule is CCCCC[AsH]CCCCC. The molecule has 0 aliphatic heterocycles. The molecule has 0 atom stereocenters. The summed E-state index contributed by atoms with van der Waals surface area (Å²) in [6.45, 7) is 4.58. The summed E-state index contributed by atoms with van der Waals surface area (Å²) in [5.41, 5.74) is 0. The number of unbranched alkanes of at least 4 members (excludes halogenated alkanes) is 4. The predicted molar refractivity (Wildman–Crippen MR) is 55.8 cm³/mol. The summed E-state index contributed by atoms with van der Waals surface area (Å²) >= 11 is 0.481. The molecule has 0 spiro atoms. The quantitative estimate of drug-likeness (QED) is 0.431. The standard InChI is InChI=1S/C10H23As/c1-3-5-7-9-11-10-8-6-4-2/h11H,3-10H2,1-2H3. The maximum absolute atomic E-state index is 2.29. The molecule has 0 heterocycles. The molecule has 0 bridgehead atoms. The monoisotopic (exact) mass is 218 g/mol. The van der Waals surface area contributed by atoms with E-state index in [4.69, 9.17) is 0 Å². The van der Waals surface area contributed by atoms with Gasteiger partial charge in [0.25, 0.3) is 0 Å². The summed E-state index contributed by atoms with van der Waals surface area (Å²) in [5.74, 6) is 0. The molecule has 0 amide bonds. The van der Waals surface area contributed by atoms with Crippen molar-refractivity contribution in [3.63, 3.8) is 0 Å². The van der Waals surface area contributed by atoms with Crippen LogP contribution < -0.4 is 0 Å². The summed E-state index contributed by atoms with van der Waals surface area (Å²) in [4.78, 5) is 0. The van der Waals surface area contributed by atoms with Crippen molar-refractivity contribution in [3.05, 3.63) is 0 Å². The third-order valence-electron chi connectivity index (χ3n) is 1.91. The van der Waals surface area contributed by atoms with E-state index in [1.54, 1.807) is 10.4 Å². The van der Waals surface area contributed by atoms with Crippen molar-refractivity contribution in [3.8, 4) is 0 Å². The van der Waals surface area contributed by atoms with Gasteiger partial charge in [0.15, 0.2) is 0 Å². The van der Waals surface area contributed by atoms with Gasteiger partial charge in [0, 0.05) is 0 Å². The average Bonchev–Trinajstić information content (AvgIpc) is 2.03. The van der Waals surface area contributed by atoms with Gasteiger partial charge >= 0.3 is 78.5 Å². The molecule has 0 fully saturated rings. The molecule has 0 saturated carbocycles. The van der Waals surface area contributed by atoms with E-state index in [1.807, 2.05) is 0 Å². The van der Waals surface area contributed by atoms with Gasteiger partial charge in [-0.3, -0.25) is 0 Å². The molecule has 0 aromatic rings. The van der Waals surface area contributed by atoms with Crippen molar-refractivity contribution in [1.82, 2.24) is 0 Å². The third-order valence-corrected chi connectivity index (χ3v) is 4.88. The van der Waals surface area contributed by atoms with Gasteiger partial charge in [-0.1, -0.05) is 0 Å². The van der Waals surface area contributed by atoms with Crippen LogP contribution >= 0.6 is 0 Å². The summed E-state index contributed by atoms with van der Waals surface area (Å²) in [6.07, 6.45) is 8.75. The van der Waals surface area contributed by atoms with Crippen molar-refractivity contribution in [1.29, 1.82) is 0 Å². The third kappa shape index (κ3) is 10.6. The van der Waals surface area contributed by atoms with Gasteiger partial charge in [-0.25, -0.2) is 0 Å². The Labute approximate surface area is 78.8 Å². The van der Waals surface area contributed by atoms with E-state index in [-0.39, 0.29) is 0 Å². The zero-order valence-corrected chi connectivity index (χ0v) is 10.3.